The molecule has 310 valence electrons. The Balaban J connectivity index is 1.67. The number of amides is 1. The zero-order valence-corrected chi connectivity index (χ0v) is 34.0. The van der Waals surface area contributed by atoms with Crippen molar-refractivity contribution in [2.75, 3.05) is 6.61 Å². The average Bonchev–Trinajstić information content (AvgIpc) is 3.07. The van der Waals surface area contributed by atoms with Crippen LogP contribution in [0.3, 0.4) is 0 Å². The minimum Gasteiger partial charge on any atom is -0.456 e. The minimum absolute atomic E-state index is 0.0519. The van der Waals surface area contributed by atoms with Crippen molar-refractivity contribution in [3.63, 3.8) is 0 Å². The largest absolute Gasteiger partial charge is 0.456 e. The number of rotatable bonds is 7. The molecule has 1 aliphatic heterocycles. The number of aliphatic hydroxyl groups excluding tert-OH is 3. The highest BCUT2D eigenvalue weighted by atomic mass is 16.6. The van der Waals surface area contributed by atoms with Crippen molar-refractivity contribution in [3.05, 3.63) is 47.0 Å². The monoisotopic (exact) mass is 787 g/mol. The summed E-state index contributed by atoms with van der Waals surface area (Å²) in [5.74, 6) is -5.29. The van der Waals surface area contributed by atoms with E-state index in [0.717, 1.165) is 6.92 Å². The molecule has 5 rings (SSSR count). The first-order valence-electron chi connectivity index (χ1n) is 18.9. The summed E-state index contributed by atoms with van der Waals surface area (Å²) >= 11 is 0. The summed E-state index contributed by atoms with van der Waals surface area (Å²) in [5.41, 5.74) is -9.27. The zero-order valence-electron chi connectivity index (χ0n) is 34.0. The van der Waals surface area contributed by atoms with Crippen LogP contribution in [0.2, 0.25) is 0 Å². The molecule has 15 heteroatoms. The molecule has 5 N–H and O–H groups in total. The number of carbonyl (C=O) groups is 5. The maximum absolute atomic E-state index is 14.9. The third-order valence-electron chi connectivity index (χ3n) is 12.3. The Labute approximate surface area is 327 Å². The van der Waals surface area contributed by atoms with Gasteiger partial charge in [-0.05, 0) is 63.3 Å². The van der Waals surface area contributed by atoms with Crippen molar-refractivity contribution in [1.82, 2.24) is 5.32 Å². The zero-order chi connectivity index (χ0) is 42.1. The van der Waals surface area contributed by atoms with Crippen LogP contribution in [0.15, 0.2) is 41.5 Å². The summed E-state index contributed by atoms with van der Waals surface area (Å²) in [6, 6.07) is 6.63. The van der Waals surface area contributed by atoms with Crippen LogP contribution in [0, 0.1) is 22.2 Å². The van der Waals surface area contributed by atoms with Crippen molar-refractivity contribution in [1.29, 1.82) is 0 Å². The molecule has 11 atom stereocenters. The van der Waals surface area contributed by atoms with Crippen LogP contribution in [0.25, 0.3) is 0 Å². The van der Waals surface area contributed by atoms with Crippen LogP contribution in [-0.2, 0) is 38.1 Å². The lowest BCUT2D eigenvalue weighted by Crippen LogP contribution is -2.81. The number of nitrogens with one attached hydrogen (secondary N) is 1. The highest BCUT2D eigenvalue weighted by Crippen LogP contribution is 2.64. The fraction of sp³-hybridized carbons (Fsp3) is 0.683. The predicted molar refractivity (Wildman–Crippen MR) is 198 cm³/mol. The Morgan fingerprint density at radius 1 is 0.982 bits per heavy atom. The van der Waals surface area contributed by atoms with Crippen LogP contribution in [0.4, 0.5) is 4.79 Å². The van der Waals surface area contributed by atoms with Gasteiger partial charge in [0.25, 0.3) is 0 Å². The van der Waals surface area contributed by atoms with Crippen LogP contribution < -0.4 is 5.32 Å². The number of hydrogen-bond donors (Lipinski definition) is 5. The summed E-state index contributed by atoms with van der Waals surface area (Å²) in [5, 5.41) is 51.3. The standard InChI is InChI=1S/C41H57NO14/c1-20-23(53-34(49)28(46)30(36(3,4)5)42-35(50)56-37(6,7)8)18-41(51)32(54-33(48)22-15-13-12-14-16-22)29-39(11,31(47)27(45)26(20)38(41,9)10)24(44)17-25-40(29,19-52-25)55-21(2)43/h12-16,23-25,27-30,32,44-46,51H,17-19H2,1-11H3,(H,42,50)/t23-,24-,25+,27+,28+,29-,30+,32-,39+,40-,41+/m0/s1. The molecule has 1 saturated heterocycles. The van der Waals surface area contributed by atoms with Gasteiger partial charge in [-0.25, -0.2) is 14.4 Å². The molecule has 15 nitrogen and oxygen atoms in total. The van der Waals surface area contributed by atoms with Gasteiger partial charge in [0.2, 0.25) is 0 Å². The number of carbonyl (C=O) groups excluding carboxylic acids is 5. The number of hydrogen-bond acceptors (Lipinski definition) is 14. The van der Waals surface area contributed by atoms with Gasteiger partial charge in [-0.1, -0.05) is 52.8 Å². The fourth-order valence-corrected chi connectivity index (χ4v) is 9.32. The van der Waals surface area contributed by atoms with Gasteiger partial charge in [0.15, 0.2) is 17.5 Å². The summed E-state index contributed by atoms with van der Waals surface area (Å²) in [7, 11) is 0. The van der Waals surface area contributed by atoms with E-state index in [0.29, 0.717) is 0 Å². The second-order valence-electron chi connectivity index (χ2n) is 18.5. The molecule has 1 aromatic rings. The molecule has 3 aliphatic carbocycles. The highest BCUT2D eigenvalue weighted by Gasteiger charge is 2.78. The number of aliphatic hydroxyl groups is 4. The molecule has 1 amide bonds. The third-order valence-corrected chi connectivity index (χ3v) is 12.3. The Morgan fingerprint density at radius 2 is 1.59 bits per heavy atom. The molecule has 2 bridgehead atoms. The van der Waals surface area contributed by atoms with Crippen molar-refractivity contribution < 1.29 is 68.1 Å². The molecule has 1 heterocycles. The van der Waals surface area contributed by atoms with Gasteiger partial charge in [-0.3, -0.25) is 9.59 Å². The van der Waals surface area contributed by atoms with Crippen molar-refractivity contribution in [2.24, 2.45) is 22.2 Å². The smallest absolute Gasteiger partial charge is 0.407 e. The second-order valence-corrected chi connectivity index (χ2v) is 18.5. The molecule has 1 aromatic carbocycles. The Kier molecular flexibility index (Phi) is 11.2. The SMILES string of the molecule is CC(=O)O[C@@]12CO[C@@H]1C[C@H](O)[C@@]1(C)C(=O)[C@H](O)C3=C(C)[C@@H](OC(=O)[C@H](O)[C@@H](NC(=O)OC(C)(C)C)C(C)(C)C)C[C@@](O)([C@@H](OC(=O)c4ccccc4)[C@H]21)C3(C)C. The van der Waals surface area contributed by atoms with Gasteiger partial charge in [-0.15, -0.1) is 0 Å². The van der Waals surface area contributed by atoms with E-state index >= 15 is 0 Å². The number of benzene rings is 1. The van der Waals surface area contributed by atoms with E-state index in [1.54, 1.807) is 73.6 Å². The Hall–Kier alpha value is -3.89. The highest BCUT2D eigenvalue weighted by molar-refractivity contribution is 5.94. The van der Waals surface area contributed by atoms with Gasteiger partial charge in [-0.2, -0.15) is 0 Å². The Bertz CT molecular complexity index is 1780. The average molecular weight is 788 g/mol. The molecule has 3 fully saturated rings. The summed E-state index contributed by atoms with van der Waals surface area (Å²) < 4.78 is 29.4. The van der Waals surface area contributed by atoms with E-state index < -0.39 is 118 Å². The number of alkyl carbamates (subject to hydrolysis) is 1. The van der Waals surface area contributed by atoms with Crippen LogP contribution in [-0.4, -0.2) is 116 Å². The van der Waals surface area contributed by atoms with E-state index in [4.69, 9.17) is 23.7 Å². The molecule has 56 heavy (non-hydrogen) atoms. The normalized spacial score (nSPS) is 34.9. The first-order chi connectivity index (χ1) is 25.6. The van der Waals surface area contributed by atoms with E-state index in [9.17, 15) is 44.4 Å². The van der Waals surface area contributed by atoms with E-state index in [1.807, 2.05) is 0 Å². The van der Waals surface area contributed by atoms with E-state index in [1.165, 1.54) is 26.0 Å². The lowest BCUT2D eigenvalue weighted by Gasteiger charge is -2.67. The van der Waals surface area contributed by atoms with Crippen molar-refractivity contribution in [3.8, 4) is 0 Å². The summed E-state index contributed by atoms with van der Waals surface area (Å²) in [6.45, 7) is 16.9. The first kappa shape index (κ1) is 43.2. The first-order valence-corrected chi connectivity index (χ1v) is 18.9. The van der Waals surface area contributed by atoms with E-state index in [-0.39, 0.29) is 29.7 Å². The molecule has 0 unspecified atom stereocenters. The quantitative estimate of drug-likeness (QED) is 0.152. The fourth-order valence-electron chi connectivity index (χ4n) is 9.32. The van der Waals surface area contributed by atoms with Gasteiger partial charge >= 0.3 is 24.0 Å². The topological polar surface area (TPSA) is 224 Å². The summed E-state index contributed by atoms with van der Waals surface area (Å²) in [6.07, 6.45) is -11.3. The lowest BCUT2D eigenvalue weighted by molar-refractivity contribution is -0.346. The maximum atomic E-state index is 14.9. The van der Waals surface area contributed by atoms with Gasteiger partial charge < -0.3 is 49.4 Å². The summed E-state index contributed by atoms with van der Waals surface area (Å²) in [4.78, 5) is 68.5. The van der Waals surface area contributed by atoms with Crippen LogP contribution in [0.5, 0.6) is 0 Å². The number of esters is 3. The predicted octanol–water partition coefficient (Wildman–Crippen LogP) is 2.93. The molecular weight excluding hydrogens is 730 g/mol. The minimum atomic E-state index is -2.33. The molecule has 2 saturated carbocycles. The van der Waals surface area contributed by atoms with Gasteiger partial charge in [0, 0.05) is 25.2 Å². The van der Waals surface area contributed by atoms with Crippen molar-refractivity contribution in [2.45, 2.75) is 148 Å². The van der Waals surface area contributed by atoms with Crippen LogP contribution >= 0.6 is 0 Å². The number of ether oxygens (including phenoxy) is 5. The number of fused-ring (bicyclic) bond motifs is 5. The molecular formula is C41H57NO14. The van der Waals surface area contributed by atoms with Crippen molar-refractivity contribution >= 4 is 29.8 Å². The Morgan fingerprint density at radius 3 is 2.11 bits per heavy atom. The van der Waals surface area contributed by atoms with Gasteiger partial charge in [0.05, 0.1) is 35.6 Å². The number of ketones is 1. The number of Topliss-reactive ketones (excluding diaryl/α,β-unsaturated/α-hetero) is 1. The molecule has 0 radical (unpaired) electrons. The molecule has 0 aromatic heterocycles. The third kappa shape index (κ3) is 7.14. The maximum Gasteiger partial charge on any atom is 0.407 e. The van der Waals surface area contributed by atoms with E-state index in [2.05, 4.69) is 5.32 Å². The van der Waals surface area contributed by atoms with Crippen LogP contribution in [0.1, 0.15) is 99.4 Å². The van der Waals surface area contributed by atoms with Gasteiger partial charge in [0.1, 0.15) is 35.6 Å². The second kappa shape index (κ2) is 14.5. The molecule has 4 aliphatic rings. The lowest BCUT2D eigenvalue weighted by atomic mass is 9.44. The molecule has 0 spiro atoms.